The molecule has 0 aliphatic heterocycles. The molecule has 2 rings (SSSR count). The van der Waals surface area contributed by atoms with Gasteiger partial charge in [-0.25, -0.2) is 0 Å². The fourth-order valence-corrected chi connectivity index (χ4v) is 3.60. The van der Waals surface area contributed by atoms with Crippen LogP contribution in [0.25, 0.3) is 0 Å². The van der Waals surface area contributed by atoms with Crippen molar-refractivity contribution in [3.63, 3.8) is 0 Å². The maximum atomic E-state index is 12.2. The molecule has 20 heavy (non-hydrogen) atoms. The summed E-state index contributed by atoms with van der Waals surface area (Å²) in [5, 5.41) is 13.6. The van der Waals surface area contributed by atoms with Gasteiger partial charge in [0.15, 0.2) is 0 Å². The van der Waals surface area contributed by atoms with Crippen molar-refractivity contribution in [2.75, 3.05) is 13.2 Å². The molecule has 1 aliphatic rings. The summed E-state index contributed by atoms with van der Waals surface area (Å²) in [6, 6.07) is 1.81. The molecule has 0 unspecified atom stereocenters. The normalized spacial score (nSPS) is 19.1. The van der Waals surface area contributed by atoms with Crippen molar-refractivity contribution in [2.24, 2.45) is 16.7 Å². The Morgan fingerprint density at radius 1 is 1.40 bits per heavy atom. The largest absolute Gasteiger partial charge is 0.384 e. The number of rotatable bonds is 3. The fourth-order valence-electron chi connectivity index (χ4n) is 2.84. The van der Waals surface area contributed by atoms with E-state index in [9.17, 15) is 4.79 Å². The molecule has 0 radical (unpaired) electrons. The van der Waals surface area contributed by atoms with Crippen LogP contribution in [0.2, 0.25) is 0 Å². The minimum atomic E-state index is -0.193. The van der Waals surface area contributed by atoms with Crippen LogP contribution in [0.5, 0.6) is 0 Å². The lowest BCUT2D eigenvalue weighted by molar-refractivity contribution is 0.0953. The first-order valence-electron chi connectivity index (χ1n) is 6.77. The van der Waals surface area contributed by atoms with E-state index in [2.05, 4.69) is 44.9 Å². The van der Waals surface area contributed by atoms with Crippen LogP contribution in [0, 0.1) is 28.6 Å². The number of carbonyl (C=O) groups excluding carboxylic acids is 1. The summed E-state index contributed by atoms with van der Waals surface area (Å²) >= 11 is 1.38. The van der Waals surface area contributed by atoms with Crippen molar-refractivity contribution < 1.29 is 9.90 Å². The molecule has 0 atom stereocenters. The van der Waals surface area contributed by atoms with E-state index in [-0.39, 0.29) is 23.3 Å². The van der Waals surface area contributed by atoms with Crippen LogP contribution >= 0.6 is 11.3 Å². The zero-order valence-corrected chi connectivity index (χ0v) is 13.2. The molecule has 1 aromatic rings. The third kappa shape index (κ3) is 2.48. The number of aliphatic hydroxyl groups is 1. The molecule has 1 aliphatic carbocycles. The quantitative estimate of drug-likeness (QED) is 0.841. The summed E-state index contributed by atoms with van der Waals surface area (Å²) in [6.45, 7) is 9.48. The Bertz CT molecular complexity index is 561. The Morgan fingerprint density at radius 3 is 2.60 bits per heavy atom. The van der Waals surface area contributed by atoms with Gasteiger partial charge in [-0.3, -0.25) is 4.79 Å². The van der Waals surface area contributed by atoms with E-state index >= 15 is 0 Å². The van der Waals surface area contributed by atoms with Gasteiger partial charge in [-0.2, -0.15) is 0 Å². The van der Waals surface area contributed by atoms with Gasteiger partial charge >= 0.3 is 0 Å². The molecule has 108 valence electrons. The van der Waals surface area contributed by atoms with Gasteiger partial charge < -0.3 is 10.4 Å². The number of carbonyl (C=O) groups is 1. The van der Waals surface area contributed by atoms with E-state index < -0.39 is 0 Å². The van der Waals surface area contributed by atoms with Crippen LogP contribution < -0.4 is 5.32 Å². The number of thiophene rings is 1. The fraction of sp³-hybridized carbons (Fsp3) is 0.562. The van der Waals surface area contributed by atoms with Crippen molar-refractivity contribution >= 4 is 17.2 Å². The molecule has 1 aromatic heterocycles. The summed E-state index contributed by atoms with van der Waals surface area (Å²) in [7, 11) is 0. The van der Waals surface area contributed by atoms with Gasteiger partial charge in [0.05, 0.1) is 0 Å². The molecular weight excluding hydrogens is 270 g/mol. The van der Waals surface area contributed by atoms with Gasteiger partial charge in [-0.1, -0.05) is 39.5 Å². The average molecular weight is 291 g/mol. The Balaban J connectivity index is 1.99. The minimum absolute atomic E-state index is 0.0688. The Hall–Kier alpha value is -1.31. The zero-order valence-electron chi connectivity index (χ0n) is 12.4. The lowest BCUT2D eigenvalue weighted by Gasteiger charge is -2.05. The maximum absolute atomic E-state index is 12.2. The summed E-state index contributed by atoms with van der Waals surface area (Å²) in [5.41, 5.74) is 1.24. The minimum Gasteiger partial charge on any atom is -0.384 e. The molecule has 1 amide bonds. The molecule has 0 spiro atoms. The lowest BCUT2D eigenvalue weighted by atomic mass is 10.0. The Labute approximate surface area is 124 Å². The first-order valence-corrected chi connectivity index (χ1v) is 7.65. The monoisotopic (exact) mass is 291 g/mol. The van der Waals surface area contributed by atoms with Crippen LogP contribution in [0.15, 0.2) is 11.4 Å². The first kappa shape index (κ1) is 15.1. The molecule has 4 heteroatoms. The second-order valence-corrected chi connectivity index (χ2v) is 7.25. The average Bonchev–Trinajstić information content (AvgIpc) is 2.75. The topological polar surface area (TPSA) is 49.3 Å². The number of aliphatic hydroxyl groups excluding tert-OH is 1. The van der Waals surface area contributed by atoms with E-state index in [0.29, 0.717) is 22.9 Å². The van der Waals surface area contributed by atoms with Gasteiger partial charge in [-0.15, -0.1) is 11.3 Å². The zero-order chi connectivity index (χ0) is 15.0. The van der Waals surface area contributed by atoms with Gasteiger partial charge in [0.1, 0.15) is 11.5 Å². The van der Waals surface area contributed by atoms with Crippen molar-refractivity contribution in [1.82, 2.24) is 5.32 Å². The van der Waals surface area contributed by atoms with Crippen molar-refractivity contribution in [3.05, 3.63) is 21.9 Å². The van der Waals surface area contributed by atoms with Crippen LogP contribution in [0.3, 0.4) is 0 Å². The second kappa shape index (κ2) is 5.23. The van der Waals surface area contributed by atoms with Crippen LogP contribution in [-0.2, 0) is 0 Å². The standard InChI is InChI=1S/C16H21NO2S/c1-15(2)12(16(15,3)4)10-17-14(19)13-11(6-5-8-18)7-9-20-13/h7,9,12,18H,8,10H2,1-4H3,(H,17,19). The van der Waals surface area contributed by atoms with E-state index in [1.54, 1.807) is 0 Å². The molecule has 1 fully saturated rings. The van der Waals surface area contributed by atoms with Crippen molar-refractivity contribution in [2.45, 2.75) is 27.7 Å². The van der Waals surface area contributed by atoms with Gasteiger partial charge in [0, 0.05) is 12.1 Å². The van der Waals surface area contributed by atoms with Gasteiger partial charge in [0.25, 0.3) is 5.91 Å². The van der Waals surface area contributed by atoms with Crippen LogP contribution in [0.4, 0.5) is 0 Å². The van der Waals surface area contributed by atoms with E-state index in [1.165, 1.54) is 11.3 Å². The predicted octanol–water partition coefficient (Wildman–Crippen LogP) is 2.50. The van der Waals surface area contributed by atoms with E-state index in [1.807, 2.05) is 11.4 Å². The predicted molar refractivity (Wildman–Crippen MR) is 81.7 cm³/mol. The summed E-state index contributed by atoms with van der Waals surface area (Å²) in [4.78, 5) is 12.8. The van der Waals surface area contributed by atoms with Crippen molar-refractivity contribution in [1.29, 1.82) is 0 Å². The number of hydrogen-bond donors (Lipinski definition) is 2. The summed E-state index contributed by atoms with van der Waals surface area (Å²) in [6.07, 6.45) is 0. The van der Waals surface area contributed by atoms with Crippen LogP contribution in [-0.4, -0.2) is 24.2 Å². The molecule has 0 bridgehead atoms. The Kier molecular flexibility index (Phi) is 3.95. The Morgan fingerprint density at radius 2 is 2.05 bits per heavy atom. The van der Waals surface area contributed by atoms with Gasteiger partial charge in [0.2, 0.25) is 0 Å². The lowest BCUT2D eigenvalue weighted by Crippen LogP contribution is -2.26. The smallest absolute Gasteiger partial charge is 0.262 e. The summed E-state index contributed by atoms with van der Waals surface area (Å²) in [5.74, 6) is 5.83. The van der Waals surface area contributed by atoms with Gasteiger partial charge in [-0.05, 0) is 28.2 Å². The molecular formula is C16H21NO2S. The molecule has 2 N–H and O–H groups in total. The maximum Gasteiger partial charge on any atom is 0.262 e. The van der Waals surface area contributed by atoms with Crippen molar-refractivity contribution in [3.8, 4) is 11.8 Å². The highest BCUT2D eigenvalue weighted by Crippen LogP contribution is 2.67. The number of nitrogens with one attached hydrogen (secondary N) is 1. The van der Waals surface area contributed by atoms with Crippen LogP contribution in [0.1, 0.15) is 42.9 Å². The summed E-state index contributed by atoms with van der Waals surface area (Å²) < 4.78 is 0. The van der Waals surface area contributed by atoms with E-state index in [0.717, 1.165) is 0 Å². The SMILES string of the molecule is CC1(C)C(CNC(=O)c2sccc2C#CCO)C1(C)C. The molecule has 1 heterocycles. The third-order valence-corrected chi connectivity index (χ3v) is 5.87. The molecule has 0 aromatic carbocycles. The number of hydrogen-bond acceptors (Lipinski definition) is 3. The highest BCUT2D eigenvalue weighted by molar-refractivity contribution is 7.12. The molecule has 0 saturated heterocycles. The molecule has 3 nitrogen and oxygen atoms in total. The molecule has 1 saturated carbocycles. The highest BCUT2D eigenvalue weighted by Gasteiger charge is 2.64. The second-order valence-electron chi connectivity index (χ2n) is 6.33. The number of amides is 1. The van der Waals surface area contributed by atoms with E-state index in [4.69, 9.17) is 5.11 Å². The highest BCUT2D eigenvalue weighted by atomic mass is 32.1. The first-order chi connectivity index (χ1) is 9.32. The third-order valence-electron chi connectivity index (χ3n) is 4.96.